The van der Waals surface area contributed by atoms with Gasteiger partial charge in [-0.15, -0.1) is 11.3 Å². The van der Waals surface area contributed by atoms with E-state index >= 15 is 0 Å². The van der Waals surface area contributed by atoms with E-state index in [1.807, 2.05) is 6.92 Å². The van der Waals surface area contributed by atoms with Crippen molar-refractivity contribution >= 4 is 34.3 Å². The van der Waals surface area contributed by atoms with Gasteiger partial charge in [0.05, 0.1) is 27.2 Å². The number of halogens is 1. The first-order chi connectivity index (χ1) is 16.1. The summed E-state index contributed by atoms with van der Waals surface area (Å²) in [6.45, 7) is 8.46. The minimum atomic E-state index is -0.317. The van der Waals surface area contributed by atoms with Gasteiger partial charge in [-0.3, -0.25) is 9.59 Å². The van der Waals surface area contributed by atoms with Gasteiger partial charge in [0.15, 0.2) is 5.65 Å². The van der Waals surface area contributed by atoms with Crippen molar-refractivity contribution < 1.29 is 14.0 Å². The van der Waals surface area contributed by atoms with Crippen molar-refractivity contribution in [3.63, 3.8) is 0 Å². The molecule has 3 aromatic heterocycles. The van der Waals surface area contributed by atoms with Crippen molar-refractivity contribution in [2.45, 2.75) is 40.3 Å². The molecule has 34 heavy (non-hydrogen) atoms. The van der Waals surface area contributed by atoms with E-state index in [9.17, 15) is 14.0 Å². The summed E-state index contributed by atoms with van der Waals surface area (Å²) in [6.07, 6.45) is 3.23. The van der Waals surface area contributed by atoms with E-state index in [4.69, 9.17) is 0 Å². The molecule has 7 nitrogen and oxygen atoms in total. The van der Waals surface area contributed by atoms with Crippen LogP contribution in [0.1, 0.15) is 53.3 Å². The number of fused-ring (bicyclic) bond motifs is 1. The highest BCUT2D eigenvalue weighted by Crippen LogP contribution is 2.28. The number of nitrogens with one attached hydrogen (secondary N) is 3. The zero-order valence-electron chi connectivity index (χ0n) is 19.4. The summed E-state index contributed by atoms with van der Waals surface area (Å²) in [5.74, 6) is -0.762. The Kier molecular flexibility index (Phi) is 6.47. The van der Waals surface area contributed by atoms with E-state index in [0.717, 1.165) is 10.4 Å². The zero-order chi connectivity index (χ0) is 24.5. The zero-order valence-corrected chi connectivity index (χ0v) is 20.2. The number of thiophene rings is 1. The lowest BCUT2D eigenvalue weighted by molar-refractivity contribution is 0.0910. The van der Waals surface area contributed by atoms with E-state index in [-0.39, 0.29) is 29.1 Å². The predicted octanol–water partition coefficient (Wildman–Crippen LogP) is 4.92. The SMILES string of the molecule is C[C@H](NC(=O)c1c[nH]c2ncc(-c3ccc(C(=O)NCc4ccc(F)cc4)s3)nc12)C(C)(C)C. The molecule has 0 spiro atoms. The van der Waals surface area contributed by atoms with Crippen LogP contribution < -0.4 is 10.6 Å². The van der Waals surface area contributed by atoms with Gasteiger partial charge in [-0.1, -0.05) is 32.9 Å². The molecule has 0 radical (unpaired) electrons. The fourth-order valence-corrected chi connectivity index (χ4v) is 4.02. The number of nitrogens with zero attached hydrogens (tertiary/aromatic N) is 2. The topological polar surface area (TPSA) is 99.8 Å². The number of hydrogen-bond donors (Lipinski definition) is 3. The Hall–Kier alpha value is -3.59. The average molecular weight is 480 g/mol. The molecule has 0 aliphatic rings. The summed E-state index contributed by atoms with van der Waals surface area (Å²) in [6, 6.07) is 9.48. The number of benzene rings is 1. The van der Waals surface area contributed by atoms with Gasteiger partial charge in [-0.05, 0) is 42.2 Å². The summed E-state index contributed by atoms with van der Waals surface area (Å²) in [5.41, 5.74) is 2.73. The Labute approximate surface area is 200 Å². The Morgan fingerprint density at radius 2 is 1.85 bits per heavy atom. The third-order valence-corrected chi connectivity index (χ3v) is 6.83. The number of aromatic nitrogens is 3. The molecule has 0 saturated heterocycles. The molecule has 4 aromatic rings. The highest BCUT2D eigenvalue weighted by molar-refractivity contribution is 7.17. The van der Waals surface area contributed by atoms with E-state index < -0.39 is 0 Å². The normalized spacial score (nSPS) is 12.5. The number of rotatable bonds is 6. The largest absolute Gasteiger partial charge is 0.349 e. The van der Waals surface area contributed by atoms with Crippen molar-refractivity contribution in [3.05, 3.63) is 70.6 Å². The van der Waals surface area contributed by atoms with E-state index in [2.05, 4.69) is 46.4 Å². The number of hydrogen-bond acceptors (Lipinski definition) is 5. The van der Waals surface area contributed by atoms with Crippen molar-refractivity contribution in [2.75, 3.05) is 0 Å². The van der Waals surface area contributed by atoms with Crippen LogP contribution in [0.3, 0.4) is 0 Å². The predicted molar refractivity (Wildman–Crippen MR) is 131 cm³/mol. The Bertz CT molecular complexity index is 1340. The van der Waals surface area contributed by atoms with Crippen molar-refractivity contribution in [3.8, 4) is 10.6 Å². The van der Waals surface area contributed by atoms with E-state index in [0.29, 0.717) is 33.8 Å². The van der Waals surface area contributed by atoms with Gasteiger partial charge in [0.1, 0.15) is 11.3 Å². The van der Waals surface area contributed by atoms with Crippen LogP contribution in [-0.2, 0) is 6.54 Å². The summed E-state index contributed by atoms with van der Waals surface area (Å²) in [5, 5.41) is 5.86. The lowest BCUT2D eigenvalue weighted by atomic mass is 9.88. The lowest BCUT2D eigenvalue weighted by Gasteiger charge is -2.27. The minimum absolute atomic E-state index is 0.0330. The molecule has 0 fully saturated rings. The van der Waals surface area contributed by atoms with E-state index in [1.165, 1.54) is 23.5 Å². The maximum atomic E-state index is 13.0. The molecule has 1 atom stereocenters. The maximum absolute atomic E-state index is 13.0. The first-order valence-electron chi connectivity index (χ1n) is 10.9. The van der Waals surface area contributed by atoms with Gasteiger partial charge in [0.25, 0.3) is 11.8 Å². The first kappa shape index (κ1) is 23.6. The fourth-order valence-electron chi connectivity index (χ4n) is 3.14. The molecule has 3 heterocycles. The maximum Gasteiger partial charge on any atom is 0.261 e. The van der Waals surface area contributed by atoms with Crippen molar-refractivity contribution in [2.24, 2.45) is 5.41 Å². The molecule has 0 unspecified atom stereocenters. The van der Waals surface area contributed by atoms with Crippen LogP contribution in [0.5, 0.6) is 0 Å². The van der Waals surface area contributed by atoms with Gasteiger partial charge in [0.2, 0.25) is 0 Å². The molecule has 4 rings (SSSR count). The molecular weight excluding hydrogens is 453 g/mol. The summed E-state index contributed by atoms with van der Waals surface area (Å²) < 4.78 is 13.0. The van der Waals surface area contributed by atoms with Gasteiger partial charge in [-0.25, -0.2) is 14.4 Å². The van der Waals surface area contributed by atoms with Gasteiger partial charge in [-0.2, -0.15) is 0 Å². The standard InChI is InChI=1S/C25H26FN5O2S/c1-14(25(2,3)4)30-23(32)17-12-27-22-21(17)31-18(13-28-22)19-9-10-20(34-19)24(33)29-11-15-5-7-16(26)8-6-15/h5-10,12-14H,11H2,1-4H3,(H,27,28)(H,29,33)(H,30,32)/t14-/m0/s1. The highest BCUT2D eigenvalue weighted by atomic mass is 32.1. The molecule has 0 aliphatic carbocycles. The molecule has 176 valence electrons. The summed E-state index contributed by atoms with van der Waals surface area (Å²) >= 11 is 1.29. The van der Waals surface area contributed by atoms with Crippen LogP contribution in [0.4, 0.5) is 4.39 Å². The second-order valence-corrected chi connectivity index (χ2v) is 10.3. The van der Waals surface area contributed by atoms with Crippen LogP contribution in [0.25, 0.3) is 21.7 Å². The molecule has 0 aliphatic heterocycles. The Morgan fingerprint density at radius 3 is 2.56 bits per heavy atom. The van der Waals surface area contributed by atoms with Crippen LogP contribution in [0, 0.1) is 11.2 Å². The molecule has 2 amide bonds. The van der Waals surface area contributed by atoms with Crippen LogP contribution in [0.2, 0.25) is 0 Å². The molecule has 0 bridgehead atoms. The number of aromatic amines is 1. The van der Waals surface area contributed by atoms with Crippen molar-refractivity contribution in [1.82, 2.24) is 25.6 Å². The number of H-pyrrole nitrogens is 1. The van der Waals surface area contributed by atoms with Crippen LogP contribution >= 0.6 is 11.3 Å². The molecule has 9 heteroatoms. The Morgan fingerprint density at radius 1 is 1.12 bits per heavy atom. The number of carbonyl (C=O) groups is 2. The van der Waals surface area contributed by atoms with Gasteiger partial charge < -0.3 is 15.6 Å². The smallest absolute Gasteiger partial charge is 0.261 e. The lowest BCUT2D eigenvalue weighted by Crippen LogP contribution is -2.41. The Balaban J connectivity index is 1.51. The summed E-state index contributed by atoms with van der Waals surface area (Å²) in [7, 11) is 0. The molecule has 3 N–H and O–H groups in total. The van der Waals surface area contributed by atoms with E-state index in [1.54, 1.807) is 36.7 Å². The molecular formula is C25H26FN5O2S. The highest BCUT2D eigenvalue weighted by Gasteiger charge is 2.24. The second-order valence-electron chi connectivity index (χ2n) is 9.19. The third kappa shape index (κ3) is 5.14. The van der Waals surface area contributed by atoms with Crippen molar-refractivity contribution in [1.29, 1.82) is 0 Å². The monoisotopic (exact) mass is 479 g/mol. The molecule has 0 saturated carbocycles. The number of carbonyl (C=O) groups excluding carboxylic acids is 2. The number of amides is 2. The van der Waals surface area contributed by atoms with Gasteiger partial charge >= 0.3 is 0 Å². The fraction of sp³-hybridized carbons (Fsp3) is 0.280. The first-order valence-corrected chi connectivity index (χ1v) is 11.7. The van der Waals surface area contributed by atoms with Gasteiger partial charge in [0, 0.05) is 18.8 Å². The average Bonchev–Trinajstić information content (AvgIpc) is 3.45. The minimum Gasteiger partial charge on any atom is -0.349 e. The molecule has 1 aromatic carbocycles. The summed E-state index contributed by atoms with van der Waals surface area (Å²) in [4.78, 5) is 38.8. The third-order valence-electron chi connectivity index (χ3n) is 5.72. The van der Waals surface area contributed by atoms with Crippen LogP contribution in [0.15, 0.2) is 48.8 Å². The second kappa shape index (κ2) is 9.34. The quantitative estimate of drug-likeness (QED) is 0.365. The van der Waals surface area contributed by atoms with Crippen LogP contribution in [-0.4, -0.2) is 32.8 Å².